The van der Waals surface area contributed by atoms with Crippen molar-refractivity contribution in [3.05, 3.63) is 50.6 Å². The van der Waals surface area contributed by atoms with Crippen molar-refractivity contribution in [1.29, 1.82) is 0 Å². The van der Waals surface area contributed by atoms with Gasteiger partial charge >= 0.3 is 0 Å². The summed E-state index contributed by atoms with van der Waals surface area (Å²) in [4.78, 5) is 14.3. The summed E-state index contributed by atoms with van der Waals surface area (Å²) in [6.07, 6.45) is 5.83. The minimum atomic E-state index is 0. The third-order valence-corrected chi connectivity index (χ3v) is 0.770. The summed E-state index contributed by atoms with van der Waals surface area (Å²) in [5.74, 6) is 0. The van der Waals surface area contributed by atoms with E-state index in [-0.39, 0.29) is 50.3 Å². The van der Waals surface area contributed by atoms with Gasteiger partial charge in [0.2, 0.25) is 0 Å². The maximum Gasteiger partial charge on any atom is 0.0998 e. The summed E-state index contributed by atoms with van der Waals surface area (Å²) in [6, 6.07) is 0. The molecule has 0 saturated heterocycles. The predicted octanol–water partition coefficient (Wildman–Crippen LogP) is 2.27. The van der Waals surface area contributed by atoms with Crippen LogP contribution in [0.2, 0.25) is 0 Å². The van der Waals surface area contributed by atoms with Gasteiger partial charge in [-0.1, -0.05) is 24.3 Å². The van der Waals surface area contributed by atoms with Crippen LogP contribution in [0.15, 0.2) is 50.6 Å². The van der Waals surface area contributed by atoms with Crippen LogP contribution < -0.4 is 0 Å². The van der Waals surface area contributed by atoms with Crippen LogP contribution in [-0.2, 0) is 19.6 Å². The molecule has 4 N–H and O–H groups in total. The molecule has 0 aliphatic carbocycles. The first kappa shape index (κ1) is 32.4. The summed E-state index contributed by atoms with van der Waals surface area (Å²) < 4.78 is 0. The average molecular weight is 415 g/mol. The second-order valence-corrected chi connectivity index (χ2v) is 2.34. The molecular formula is C12H24O8Sn. The smallest absolute Gasteiger partial charge is 0.0998 e. The molecule has 0 rings (SSSR count). The minimum absolute atomic E-state index is 0. The van der Waals surface area contributed by atoms with Gasteiger partial charge in [0.05, 0.1) is 26.4 Å². The number of hydrogen-bond donors (Lipinski definition) is 4. The quantitative estimate of drug-likeness (QED) is 0.207. The maximum absolute atomic E-state index is 7.50. The molecule has 124 valence electrons. The summed E-state index contributed by atoms with van der Waals surface area (Å²) in [6.45, 7) is 13.9. The molecule has 8 nitrogen and oxygen atoms in total. The molecule has 21 heavy (non-hydrogen) atoms. The van der Waals surface area contributed by atoms with Crippen molar-refractivity contribution in [2.75, 3.05) is 26.4 Å². The van der Waals surface area contributed by atoms with Gasteiger partial charge in [0.15, 0.2) is 0 Å². The van der Waals surface area contributed by atoms with Crippen LogP contribution in [0.5, 0.6) is 0 Å². The van der Waals surface area contributed by atoms with Crippen molar-refractivity contribution in [3.8, 4) is 0 Å². The molecule has 0 aliphatic heterocycles. The Balaban J connectivity index is -0.0000000533. The zero-order valence-electron chi connectivity index (χ0n) is 11.9. The molecule has 9 heteroatoms. The Morgan fingerprint density at radius 2 is 0.667 bits per heavy atom. The second-order valence-electron chi connectivity index (χ2n) is 2.34. The molecule has 0 aromatic rings. The van der Waals surface area contributed by atoms with Crippen LogP contribution in [0, 0.1) is 0 Å². The van der Waals surface area contributed by atoms with E-state index in [2.05, 4.69) is 45.9 Å². The van der Waals surface area contributed by atoms with Gasteiger partial charge in [-0.3, -0.25) is 21.0 Å². The fraction of sp³-hybridized carbons (Fsp3) is 0.333. The van der Waals surface area contributed by atoms with Crippen LogP contribution in [0.25, 0.3) is 0 Å². The molecular weight excluding hydrogens is 391 g/mol. The average Bonchev–Trinajstić information content (AvgIpc) is 2.44. The van der Waals surface area contributed by atoms with Crippen molar-refractivity contribution in [2.45, 2.75) is 0 Å². The van der Waals surface area contributed by atoms with E-state index >= 15 is 0 Å². The standard InChI is InChI=1S/4C3H6O2.Sn/c4*1-2-3-5-4;/h4*2,4H,1,3H2;. The molecule has 0 heterocycles. The molecule has 0 atom stereocenters. The number of hydrogen-bond acceptors (Lipinski definition) is 8. The van der Waals surface area contributed by atoms with Gasteiger partial charge in [-0.15, -0.1) is 26.3 Å². The molecule has 0 aromatic carbocycles. The van der Waals surface area contributed by atoms with Gasteiger partial charge in [-0.2, -0.15) is 0 Å². The van der Waals surface area contributed by atoms with Crippen molar-refractivity contribution >= 4 is 23.9 Å². The molecule has 0 bridgehead atoms. The van der Waals surface area contributed by atoms with E-state index in [4.69, 9.17) is 21.0 Å². The van der Waals surface area contributed by atoms with Crippen molar-refractivity contribution in [3.63, 3.8) is 0 Å². The molecule has 0 aliphatic rings. The minimum Gasteiger partial charge on any atom is -0.252 e. The summed E-state index contributed by atoms with van der Waals surface area (Å²) >= 11 is 0. The van der Waals surface area contributed by atoms with Gasteiger partial charge in [0.1, 0.15) is 0 Å². The zero-order valence-corrected chi connectivity index (χ0v) is 14.7. The summed E-state index contributed by atoms with van der Waals surface area (Å²) in [5.41, 5.74) is 0. The molecule has 0 aromatic heterocycles. The Hall–Kier alpha value is -0.561. The Kier molecular flexibility index (Phi) is 77.9. The van der Waals surface area contributed by atoms with E-state index in [0.717, 1.165) is 0 Å². The Labute approximate surface area is 141 Å². The molecule has 4 radical (unpaired) electrons. The number of rotatable bonds is 8. The van der Waals surface area contributed by atoms with Gasteiger partial charge < -0.3 is 0 Å². The van der Waals surface area contributed by atoms with Crippen molar-refractivity contribution < 1.29 is 40.6 Å². The van der Waals surface area contributed by atoms with Crippen LogP contribution in [0.4, 0.5) is 0 Å². The van der Waals surface area contributed by atoms with E-state index in [1.165, 1.54) is 24.3 Å². The van der Waals surface area contributed by atoms with Crippen LogP contribution in [-0.4, -0.2) is 71.4 Å². The van der Waals surface area contributed by atoms with E-state index in [1.54, 1.807) is 0 Å². The first-order valence-electron chi connectivity index (χ1n) is 5.15. The molecule has 0 fully saturated rings. The van der Waals surface area contributed by atoms with Gasteiger partial charge in [-0.05, 0) is 0 Å². The topological polar surface area (TPSA) is 118 Å². The normalized spacial score (nSPS) is 7.05. The fourth-order valence-electron chi connectivity index (χ4n) is 0.211. The van der Waals surface area contributed by atoms with Gasteiger partial charge in [-0.25, -0.2) is 19.6 Å². The zero-order chi connectivity index (χ0) is 16.5. The van der Waals surface area contributed by atoms with Crippen LogP contribution in [0.3, 0.4) is 0 Å². The fourth-order valence-corrected chi connectivity index (χ4v) is 0.211. The third-order valence-electron chi connectivity index (χ3n) is 0.770. The summed E-state index contributed by atoms with van der Waals surface area (Å²) in [7, 11) is 0. The van der Waals surface area contributed by atoms with E-state index in [0.29, 0.717) is 0 Å². The maximum atomic E-state index is 7.50. The van der Waals surface area contributed by atoms with Crippen LogP contribution in [0.1, 0.15) is 0 Å². The van der Waals surface area contributed by atoms with Gasteiger partial charge in [0.25, 0.3) is 0 Å². The van der Waals surface area contributed by atoms with E-state index < -0.39 is 0 Å². The largest absolute Gasteiger partial charge is 0.252 e. The monoisotopic (exact) mass is 416 g/mol. The molecule has 0 saturated carbocycles. The first-order chi connectivity index (χ1) is 9.66. The SMILES string of the molecule is C=CCOO.C=CCOO.C=CCOO.C=CCOO.[Sn]. The van der Waals surface area contributed by atoms with Crippen LogP contribution >= 0.6 is 0 Å². The Morgan fingerprint density at radius 3 is 0.667 bits per heavy atom. The second kappa shape index (κ2) is 50.5. The molecule has 0 amide bonds. The van der Waals surface area contributed by atoms with Crippen molar-refractivity contribution in [2.24, 2.45) is 0 Å². The molecule has 0 unspecified atom stereocenters. The molecule has 0 spiro atoms. The first-order valence-corrected chi connectivity index (χ1v) is 5.15. The Morgan fingerprint density at radius 1 is 0.524 bits per heavy atom. The van der Waals surface area contributed by atoms with E-state index in [1.807, 2.05) is 0 Å². The van der Waals surface area contributed by atoms with Crippen molar-refractivity contribution in [1.82, 2.24) is 0 Å². The predicted molar refractivity (Wildman–Crippen MR) is 80.9 cm³/mol. The van der Waals surface area contributed by atoms with E-state index in [9.17, 15) is 0 Å². The third kappa shape index (κ3) is 107. The Bertz CT molecular complexity index is 150. The van der Waals surface area contributed by atoms with Gasteiger partial charge in [0, 0.05) is 23.9 Å². The summed E-state index contributed by atoms with van der Waals surface area (Å²) in [5, 5.41) is 30.0.